The van der Waals surface area contributed by atoms with E-state index in [1.54, 1.807) is 6.55 Å². The van der Waals surface area contributed by atoms with Crippen LogP contribution in [-0.4, -0.2) is 13.3 Å². The molecule has 0 aromatic heterocycles. The van der Waals surface area contributed by atoms with E-state index in [1.807, 2.05) is 6.92 Å². The molecule has 3 N–H and O–H groups in total. The average Bonchev–Trinajstić information content (AvgIpc) is 1.30. The molecule has 7 heavy (non-hydrogen) atoms. The van der Waals surface area contributed by atoms with Crippen molar-refractivity contribution in [2.45, 2.75) is 25.9 Å². The maximum Gasteiger partial charge on any atom is 0.259 e. The average molecular weight is 119 g/mol. The van der Waals surface area contributed by atoms with E-state index >= 15 is 0 Å². The minimum atomic E-state index is -2.16. The van der Waals surface area contributed by atoms with Crippen LogP contribution in [0.4, 0.5) is 0 Å². The summed E-state index contributed by atoms with van der Waals surface area (Å²) in [7, 11) is -2.16. The SMILES string of the molecule is CCC[Si](C)(N)O. The Morgan fingerprint density at radius 1 is 1.71 bits per heavy atom. The van der Waals surface area contributed by atoms with Crippen molar-refractivity contribution in [2.75, 3.05) is 0 Å². The van der Waals surface area contributed by atoms with Gasteiger partial charge in [-0.05, 0) is 12.6 Å². The molecule has 2 nitrogen and oxygen atoms in total. The lowest BCUT2D eigenvalue weighted by Crippen LogP contribution is -2.41. The first-order valence-electron chi connectivity index (χ1n) is 2.57. The van der Waals surface area contributed by atoms with Gasteiger partial charge in [-0.1, -0.05) is 13.3 Å². The lowest BCUT2D eigenvalue weighted by molar-refractivity contribution is 0.538. The van der Waals surface area contributed by atoms with E-state index in [2.05, 4.69) is 0 Å². The summed E-state index contributed by atoms with van der Waals surface area (Å²) in [5, 5.41) is 5.34. The fraction of sp³-hybridized carbons (Fsp3) is 1.00. The third-order valence-corrected chi connectivity index (χ3v) is 2.27. The first-order valence-corrected chi connectivity index (χ1v) is 5.30. The zero-order valence-electron chi connectivity index (χ0n) is 4.94. The van der Waals surface area contributed by atoms with Crippen LogP contribution in [0.1, 0.15) is 13.3 Å². The van der Waals surface area contributed by atoms with Crippen molar-refractivity contribution in [3.63, 3.8) is 0 Å². The predicted molar refractivity (Wildman–Crippen MR) is 33.1 cm³/mol. The Labute approximate surface area is 45.6 Å². The molecule has 0 bridgehead atoms. The Morgan fingerprint density at radius 2 is 2.14 bits per heavy atom. The van der Waals surface area contributed by atoms with E-state index in [4.69, 9.17) is 10.2 Å². The highest BCUT2D eigenvalue weighted by Gasteiger charge is 2.15. The van der Waals surface area contributed by atoms with Gasteiger partial charge < -0.3 is 10.2 Å². The molecule has 0 aliphatic carbocycles. The Morgan fingerprint density at radius 3 is 2.14 bits per heavy atom. The third kappa shape index (κ3) is 6.14. The summed E-state index contributed by atoms with van der Waals surface area (Å²) >= 11 is 0. The Hall–Kier alpha value is 0.137. The topological polar surface area (TPSA) is 46.2 Å². The first-order chi connectivity index (χ1) is 3.06. The molecule has 1 unspecified atom stereocenters. The fourth-order valence-electron chi connectivity index (χ4n) is 0.506. The Balaban J connectivity index is 3.15. The lowest BCUT2D eigenvalue weighted by Gasteiger charge is -2.09. The molecule has 0 saturated heterocycles. The van der Waals surface area contributed by atoms with Gasteiger partial charge in [-0.25, -0.2) is 0 Å². The minimum Gasteiger partial charge on any atom is -0.419 e. The van der Waals surface area contributed by atoms with Crippen LogP contribution < -0.4 is 5.40 Å². The molecular weight excluding hydrogens is 106 g/mol. The molecule has 0 heterocycles. The smallest absolute Gasteiger partial charge is 0.259 e. The van der Waals surface area contributed by atoms with E-state index in [0.717, 1.165) is 12.5 Å². The zero-order chi connectivity index (χ0) is 5.91. The van der Waals surface area contributed by atoms with Crippen LogP contribution in [0.25, 0.3) is 0 Å². The fourth-order valence-corrected chi connectivity index (χ4v) is 1.52. The molecule has 0 aromatic rings. The number of hydrogen-bond acceptors (Lipinski definition) is 2. The Kier molecular flexibility index (Phi) is 2.49. The van der Waals surface area contributed by atoms with Gasteiger partial charge in [0.2, 0.25) is 0 Å². The number of rotatable bonds is 2. The molecule has 0 rings (SSSR count). The van der Waals surface area contributed by atoms with Crippen LogP contribution in [0.3, 0.4) is 0 Å². The summed E-state index contributed by atoms with van der Waals surface area (Å²) in [5.74, 6) is 0. The summed E-state index contributed by atoms with van der Waals surface area (Å²) in [4.78, 5) is 8.93. The molecule has 0 saturated carbocycles. The molecule has 0 amide bonds. The molecule has 1 atom stereocenters. The molecule has 44 valence electrons. The highest BCUT2D eigenvalue weighted by Crippen LogP contribution is 1.98. The lowest BCUT2D eigenvalue weighted by atomic mass is 10.6. The van der Waals surface area contributed by atoms with Crippen LogP contribution in [-0.2, 0) is 0 Å². The van der Waals surface area contributed by atoms with Gasteiger partial charge in [0.25, 0.3) is 8.48 Å². The molecule has 0 radical (unpaired) electrons. The summed E-state index contributed by atoms with van der Waals surface area (Å²) in [5.41, 5.74) is 0. The summed E-state index contributed by atoms with van der Waals surface area (Å²) in [6.07, 6.45) is 0.996. The second-order valence-corrected chi connectivity index (χ2v) is 5.32. The molecule has 0 aliphatic rings. The van der Waals surface area contributed by atoms with E-state index < -0.39 is 8.48 Å². The number of hydrogen-bond donors (Lipinski definition) is 2. The highest BCUT2D eigenvalue weighted by molar-refractivity contribution is 6.67. The van der Waals surface area contributed by atoms with Crippen LogP contribution in [0.2, 0.25) is 12.6 Å². The van der Waals surface area contributed by atoms with Gasteiger partial charge in [0, 0.05) is 0 Å². The Bertz CT molecular complexity index is 50.1. The van der Waals surface area contributed by atoms with Gasteiger partial charge in [0.15, 0.2) is 0 Å². The van der Waals surface area contributed by atoms with E-state index in [9.17, 15) is 0 Å². The first kappa shape index (κ1) is 7.14. The van der Waals surface area contributed by atoms with Crippen LogP contribution >= 0.6 is 0 Å². The standard InChI is InChI=1S/C4H13NOSi/c1-3-4-7(2,5)6/h6H,3-5H2,1-2H3. The van der Waals surface area contributed by atoms with Gasteiger partial charge in [0.1, 0.15) is 0 Å². The minimum absolute atomic E-state index is 0.812. The van der Waals surface area contributed by atoms with Crippen molar-refractivity contribution in [2.24, 2.45) is 5.40 Å². The van der Waals surface area contributed by atoms with Crippen LogP contribution in [0.15, 0.2) is 0 Å². The maximum absolute atomic E-state index is 8.93. The van der Waals surface area contributed by atoms with E-state index in [0.29, 0.717) is 0 Å². The van der Waals surface area contributed by atoms with Gasteiger partial charge in [0.05, 0.1) is 0 Å². The normalized spacial score (nSPS) is 18.9. The van der Waals surface area contributed by atoms with Gasteiger partial charge in [-0.15, -0.1) is 0 Å². The second-order valence-electron chi connectivity index (χ2n) is 2.11. The maximum atomic E-state index is 8.93. The third-order valence-electron chi connectivity index (χ3n) is 0.756. The molecule has 0 aliphatic heterocycles. The largest absolute Gasteiger partial charge is 0.419 e. The van der Waals surface area contributed by atoms with Gasteiger partial charge >= 0.3 is 0 Å². The van der Waals surface area contributed by atoms with Crippen molar-refractivity contribution < 1.29 is 4.80 Å². The monoisotopic (exact) mass is 119 g/mol. The van der Waals surface area contributed by atoms with Crippen LogP contribution in [0, 0.1) is 0 Å². The highest BCUT2D eigenvalue weighted by atomic mass is 28.4. The molecule has 3 heteroatoms. The predicted octanol–water partition coefficient (Wildman–Crippen LogP) is 0.419. The van der Waals surface area contributed by atoms with E-state index in [1.165, 1.54) is 0 Å². The van der Waals surface area contributed by atoms with Crippen molar-refractivity contribution in [1.29, 1.82) is 0 Å². The number of nitrogens with two attached hydrogens (primary N) is 1. The molecular formula is C4H13NOSi. The van der Waals surface area contributed by atoms with Crippen molar-refractivity contribution >= 4 is 8.48 Å². The quantitative estimate of drug-likeness (QED) is 0.517. The molecule has 0 aromatic carbocycles. The molecule has 0 fully saturated rings. The van der Waals surface area contributed by atoms with Crippen molar-refractivity contribution in [3.8, 4) is 0 Å². The van der Waals surface area contributed by atoms with E-state index in [-0.39, 0.29) is 0 Å². The molecule has 0 spiro atoms. The summed E-state index contributed by atoms with van der Waals surface area (Å²) in [6.45, 7) is 3.77. The van der Waals surface area contributed by atoms with Gasteiger partial charge in [-0.3, -0.25) is 0 Å². The second kappa shape index (κ2) is 2.45. The summed E-state index contributed by atoms with van der Waals surface area (Å²) in [6, 6.07) is 0.812. The summed E-state index contributed by atoms with van der Waals surface area (Å²) < 4.78 is 0. The van der Waals surface area contributed by atoms with Crippen molar-refractivity contribution in [3.05, 3.63) is 0 Å². The van der Waals surface area contributed by atoms with Crippen molar-refractivity contribution in [1.82, 2.24) is 0 Å². The van der Waals surface area contributed by atoms with Gasteiger partial charge in [-0.2, -0.15) is 0 Å². The van der Waals surface area contributed by atoms with Crippen LogP contribution in [0.5, 0.6) is 0 Å². The zero-order valence-corrected chi connectivity index (χ0v) is 5.94.